The molecule has 66 valence electrons. The molecule has 0 bridgehead atoms. The Bertz CT molecular complexity index is 302. The van der Waals surface area contributed by atoms with Gasteiger partial charge in [-0.3, -0.25) is 4.98 Å². The minimum atomic E-state index is -2.63. The van der Waals surface area contributed by atoms with Gasteiger partial charge in [-0.25, -0.2) is 8.78 Å². The number of pyridine rings is 1. The zero-order chi connectivity index (χ0) is 9.30. The normalized spacial score (nSPS) is 10.8. The predicted octanol–water partition coefficient (Wildman–Crippen LogP) is 2.56. The highest BCUT2D eigenvalue weighted by Gasteiger charge is 2.15. The van der Waals surface area contributed by atoms with E-state index in [2.05, 4.69) is 4.98 Å². The molecule has 0 aliphatic heterocycles. The number of halogens is 3. The number of nitrogens with zero attached hydrogens (tertiary/aromatic N) is 1. The maximum atomic E-state index is 12.2. The summed E-state index contributed by atoms with van der Waals surface area (Å²) in [7, 11) is 0. The van der Waals surface area contributed by atoms with Crippen molar-refractivity contribution in [1.29, 1.82) is 0 Å². The Morgan fingerprint density at radius 3 is 2.67 bits per heavy atom. The summed E-state index contributed by atoms with van der Waals surface area (Å²) in [5.41, 5.74) is 5.66. The third-order valence-electron chi connectivity index (χ3n) is 1.51. The van der Waals surface area contributed by atoms with E-state index in [1.165, 1.54) is 0 Å². The van der Waals surface area contributed by atoms with E-state index >= 15 is 0 Å². The molecule has 0 saturated carbocycles. The molecule has 1 heterocycles. The molecule has 1 aromatic heterocycles. The molecule has 2 nitrogen and oxygen atoms in total. The number of nitrogens with two attached hydrogens (primary N) is 1. The van der Waals surface area contributed by atoms with Crippen LogP contribution in [0.25, 0.3) is 0 Å². The minimum Gasteiger partial charge on any atom is -0.396 e. The molecule has 0 saturated heterocycles. The number of aromatic nitrogens is 1. The van der Waals surface area contributed by atoms with Crippen LogP contribution >= 0.6 is 11.6 Å². The monoisotopic (exact) mass is 192 g/mol. The highest BCUT2D eigenvalue weighted by molar-refractivity contribution is 6.34. The molecule has 12 heavy (non-hydrogen) atoms. The van der Waals surface area contributed by atoms with E-state index in [4.69, 9.17) is 17.3 Å². The van der Waals surface area contributed by atoms with E-state index in [0.717, 1.165) is 6.20 Å². The molecule has 0 aliphatic rings. The summed E-state index contributed by atoms with van der Waals surface area (Å²) in [6.07, 6.45) is -1.59. The molecule has 1 aromatic rings. The Kier molecular flexibility index (Phi) is 2.47. The number of hydrogen-bond acceptors (Lipinski definition) is 2. The van der Waals surface area contributed by atoms with Gasteiger partial charge in [0.25, 0.3) is 6.43 Å². The van der Waals surface area contributed by atoms with Crippen LogP contribution in [0.1, 0.15) is 17.7 Å². The Hall–Kier alpha value is -0.900. The zero-order valence-electron chi connectivity index (χ0n) is 6.31. The fourth-order valence-electron chi connectivity index (χ4n) is 0.759. The molecule has 2 N–H and O–H groups in total. The van der Waals surface area contributed by atoms with Crippen LogP contribution in [-0.4, -0.2) is 4.98 Å². The van der Waals surface area contributed by atoms with Crippen molar-refractivity contribution in [2.75, 3.05) is 5.73 Å². The molecule has 0 amide bonds. The maximum absolute atomic E-state index is 12.2. The lowest BCUT2D eigenvalue weighted by molar-refractivity contribution is 0.151. The molecular formula is C7H7ClF2N2. The van der Waals surface area contributed by atoms with Crippen LogP contribution in [-0.2, 0) is 0 Å². The van der Waals surface area contributed by atoms with Crippen molar-refractivity contribution in [2.24, 2.45) is 0 Å². The first-order valence-electron chi connectivity index (χ1n) is 3.22. The highest BCUT2D eigenvalue weighted by atomic mass is 35.5. The summed E-state index contributed by atoms with van der Waals surface area (Å²) >= 11 is 5.55. The molecule has 0 atom stereocenters. The van der Waals surface area contributed by atoms with Crippen LogP contribution in [0.15, 0.2) is 6.20 Å². The van der Waals surface area contributed by atoms with Crippen LogP contribution in [0.3, 0.4) is 0 Å². The lowest BCUT2D eigenvalue weighted by Crippen LogP contribution is -1.98. The summed E-state index contributed by atoms with van der Waals surface area (Å²) in [4.78, 5) is 3.67. The molecule has 0 fully saturated rings. The van der Waals surface area contributed by atoms with Crippen molar-refractivity contribution < 1.29 is 8.78 Å². The van der Waals surface area contributed by atoms with Crippen molar-refractivity contribution in [3.05, 3.63) is 22.5 Å². The topological polar surface area (TPSA) is 38.9 Å². The standard InChI is InChI=1S/C7H7ClF2N2/c1-3-6(11)5(8)4(2-12-3)7(9)10/h2,7H,11H2,1H3. The minimum absolute atomic E-state index is 0.0995. The van der Waals surface area contributed by atoms with Gasteiger partial charge in [-0.15, -0.1) is 0 Å². The van der Waals surface area contributed by atoms with Gasteiger partial charge in [0.2, 0.25) is 0 Å². The smallest absolute Gasteiger partial charge is 0.266 e. The molecule has 0 spiro atoms. The lowest BCUT2D eigenvalue weighted by atomic mass is 10.2. The third-order valence-corrected chi connectivity index (χ3v) is 1.93. The zero-order valence-corrected chi connectivity index (χ0v) is 7.07. The fraction of sp³-hybridized carbons (Fsp3) is 0.286. The van der Waals surface area contributed by atoms with E-state index in [1.807, 2.05) is 0 Å². The highest BCUT2D eigenvalue weighted by Crippen LogP contribution is 2.31. The van der Waals surface area contributed by atoms with E-state index < -0.39 is 6.43 Å². The average molecular weight is 193 g/mol. The summed E-state index contributed by atoms with van der Waals surface area (Å²) in [6, 6.07) is 0. The second kappa shape index (κ2) is 3.23. The van der Waals surface area contributed by atoms with Gasteiger partial charge >= 0.3 is 0 Å². The van der Waals surface area contributed by atoms with E-state index in [1.54, 1.807) is 6.92 Å². The molecule has 0 aliphatic carbocycles. The number of rotatable bonds is 1. The first-order chi connectivity index (χ1) is 5.54. The van der Waals surface area contributed by atoms with Crippen molar-refractivity contribution in [2.45, 2.75) is 13.3 Å². The van der Waals surface area contributed by atoms with Crippen LogP contribution in [0.5, 0.6) is 0 Å². The largest absolute Gasteiger partial charge is 0.396 e. The maximum Gasteiger partial charge on any atom is 0.266 e. The van der Waals surface area contributed by atoms with Crippen molar-refractivity contribution >= 4 is 17.3 Å². The Balaban J connectivity index is 3.27. The Labute approximate surface area is 73.4 Å². The van der Waals surface area contributed by atoms with Crippen molar-refractivity contribution in [3.63, 3.8) is 0 Å². The first kappa shape index (κ1) is 9.19. The van der Waals surface area contributed by atoms with Gasteiger partial charge in [0, 0.05) is 6.20 Å². The lowest BCUT2D eigenvalue weighted by Gasteiger charge is -2.06. The quantitative estimate of drug-likeness (QED) is 0.743. The van der Waals surface area contributed by atoms with E-state index in [-0.39, 0.29) is 16.3 Å². The summed E-state index contributed by atoms with van der Waals surface area (Å²) in [5, 5.41) is -0.0995. The van der Waals surface area contributed by atoms with Gasteiger partial charge in [0.05, 0.1) is 22.0 Å². The van der Waals surface area contributed by atoms with Crippen LogP contribution in [0, 0.1) is 6.92 Å². The molecular weight excluding hydrogens is 186 g/mol. The molecule has 0 aromatic carbocycles. The molecule has 0 radical (unpaired) electrons. The fourth-order valence-corrected chi connectivity index (χ4v) is 1.03. The molecule has 0 unspecified atom stereocenters. The van der Waals surface area contributed by atoms with Gasteiger partial charge in [0.1, 0.15) is 0 Å². The summed E-state index contributed by atoms with van der Waals surface area (Å²) < 4.78 is 24.3. The van der Waals surface area contributed by atoms with Gasteiger partial charge in [0.15, 0.2) is 0 Å². The Morgan fingerprint density at radius 2 is 2.17 bits per heavy atom. The number of aryl methyl sites for hydroxylation is 1. The number of anilines is 1. The van der Waals surface area contributed by atoms with E-state index in [9.17, 15) is 8.78 Å². The third kappa shape index (κ3) is 1.48. The number of alkyl halides is 2. The predicted molar refractivity (Wildman–Crippen MR) is 43.4 cm³/mol. The number of nitrogen functional groups attached to an aromatic ring is 1. The molecule has 5 heteroatoms. The van der Waals surface area contributed by atoms with Gasteiger partial charge in [-0.1, -0.05) is 11.6 Å². The number of hydrogen-bond donors (Lipinski definition) is 1. The SMILES string of the molecule is Cc1ncc(C(F)F)c(Cl)c1N. The summed E-state index contributed by atoms with van der Waals surface area (Å²) in [5.74, 6) is 0. The average Bonchev–Trinajstić information content (AvgIpc) is 2.00. The van der Waals surface area contributed by atoms with Gasteiger partial charge < -0.3 is 5.73 Å². The second-order valence-electron chi connectivity index (χ2n) is 2.33. The van der Waals surface area contributed by atoms with E-state index in [0.29, 0.717) is 5.69 Å². The molecule has 1 rings (SSSR count). The summed E-state index contributed by atoms with van der Waals surface area (Å²) in [6.45, 7) is 1.61. The Morgan fingerprint density at radius 1 is 1.58 bits per heavy atom. The van der Waals surface area contributed by atoms with Gasteiger partial charge in [-0.2, -0.15) is 0 Å². The van der Waals surface area contributed by atoms with Crippen molar-refractivity contribution in [1.82, 2.24) is 4.98 Å². The first-order valence-corrected chi connectivity index (χ1v) is 3.60. The van der Waals surface area contributed by atoms with Crippen LogP contribution in [0.4, 0.5) is 14.5 Å². The second-order valence-corrected chi connectivity index (χ2v) is 2.71. The van der Waals surface area contributed by atoms with Crippen LogP contribution < -0.4 is 5.73 Å². The van der Waals surface area contributed by atoms with Gasteiger partial charge in [-0.05, 0) is 6.92 Å². The van der Waals surface area contributed by atoms with Crippen molar-refractivity contribution in [3.8, 4) is 0 Å². The van der Waals surface area contributed by atoms with Crippen LogP contribution in [0.2, 0.25) is 5.02 Å².